The van der Waals surface area contributed by atoms with Gasteiger partial charge in [-0.15, -0.1) is 0 Å². The maximum atomic E-state index is 12.5. The molecule has 0 spiro atoms. The Hall–Kier alpha value is -3.37. The van der Waals surface area contributed by atoms with E-state index >= 15 is 0 Å². The maximum absolute atomic E-state index is 12.5. The van der Waals surface area contributed by atoms with Gasteiger partial charge in [-0.3, -0.25) is 4.79 Å². The molecule has 0 atom stereocenters. The Kier molecular flexibility index (Phi) is 4.02. The van der Waals surface area contributed by atoms with Gasteiger partial charge in [-0.2, -0.15) is 0 Å². The highest BCUT2D eigenvalue weighted by Gasteiger charge is 2.10. The van der Waals surface area contributed by atoms with E-state index in [4.69, 9.17) is 0 Å². The van der Waals surface area contributed by atoms with E-state index in [2.05, 4.69) is 42.2 Å². The molecule has 0 fully saturated rings. The zero-order valence-electron chi connectivity index (χ0n) is 13.7. The van der Waals surface area contributed by atoms with Crippen molar-refractivity contribution in [3.05, 3.63) is 96.1 Å². The van der Waals surface area contributed by atoms with Crippen LogP contribution in [-0.4, -0.2) is 5.78 Å². The molecular formula is C24H16O. The Morgan fingerprint density at radius 1 is 0.720 bits per heavy atom. The summed E-state index contributed by atoms with van der Waals surface area (Å²) < 4.78 is 0. The van der Waals surface area contributed by atoms with Crippen LogP contribution in [0.2, 0.25) is 0 Å². The molecule has 118 valence electrons. The Morgan fingerprint density at radius 3 is 1.92 bits per heavy atom. The molecule has 4 aromatic rings. The van der Waals surface area contributed by atoms with Gasteiger partial charge in [0, 0.05) is 12.0 Å². The number of benzene rings is 4. The molecule has 0 aliphatic carbocycles. The molecule has 0 N–H and O–H groups in total. The zero-order chi connectivity index (χ0) is 17.1. The second kappa shape index (κ2) is 6.63. The van der Waals surface area contributed by atoms with Crippen LogP contribution in [0.15, 0.2) is 84.9 Å². The number of hydrogen-bond acceptors (Lipinski definition) is 1. The monoisotopic (exact) mass is 320 g/mol. The first-order valence-corrected chi connectivity index (χ1v) is 8.30. The third-order valence-corrected chi connectivity index (χ3v) is 4.34. The van der Waals surface area contributed by atoms with E-state index in [0.29, 0.717) is 6.42 Å². The third-order valence-electron chi connectivity index (χ3n) is 4.34. The van der Waals surface area contributed by atoms with E-state index in [0.717, 1.165) is 32.7 Å². The summed E-state index contributed by atoms with van der Waals surface area (Å²) in [5, 5.41) is 4.55. The van der Waals surface area contributed by atoms with Crippen LogP contribution in [0, 0.1) is 11.8 Å². The summed E-state index contributed by atoms with van der Waals surface area (Å²) in [6.07, 6.45) is 0.321. The molecule has 0 aromatic heterocycles. The van der Waals surface area contributed by atoms with E-state index in [9.17, 15) is 4.79 Å². The number of carbonyl (C=O) groups is 1. The lowest BCUT2D eigenvalue weighted by Gasteiger charge is -2.10. The summed E-state index contributed by atoms with van der Waals surface area (Å²) >= 11 is 0. The average molecular weight is 320 g/mol. The van der Waals surface area contributed by atoms with Gasteiger partial charge in [-0.05, 0) is 51.2 Å². The first-order valence-electron chi connectivity index (χ1n) is 8.30. The van der Waals surface area contributed by atoms with E-state index in [1.807, 2.05) is 54.6 Å². The van der Waals surface area contributed by atoms with Gasteiger partial charge in [0.05, 0.1) is 0 Å². The fraction of sp³-hybridized carbons (Fsp3) is 0.0417. The standard InChI is InChI=1S/C24H16O/c25-21(15-14-18-8-2-1-3-9-18)17-24-22-12-6-4-10-19(22)16-20-11-5-7-13-23(20)24/h1-13,16H,17H2. The number of Topliss-reactive ketones (excluding diaryl/α,β-unsaturated/α-hetero) is 1. The first-order chi connectivity index (χ1) is 12.3. The highest BCUT2D eigenvalue weighted by atomic mass is 16.1. The summed E-state index contributed by atoms with van der Waals surface area (Å²) in [4.78, 5) is 12.5. The molecule has 4 rings (SSSR count). The Bertz CT molecular complexity index is 1070. The van der Waals surface area contributed by atoms with Crippen molar-refractivity contribution in [2.45, 2.75) is 6.42 Å². The predicted octanol–water partition coefficient (Wildman–Crippen LogP) is 5.16. The van der Waals surface area contributed by atoms with Crippen LogP contribution >= 0.6 is 0 Å². The van der Waals surface area contributed by atoms with Gasteiger partial charge in [0.15, 0.2) is 0 Å². The van der Waals surface area contributed by atoms with Crippen molar-refractivity contribution in [3.8, 4) is 11.8 Å². The van der Waals surface area contributed by atoms with Gasteiger partial charge in [0.1, 0.15) is 0 Å². The summed E-state index contributed by atoms with van der Waals surface area (Å²) in [6, 6.07) is 28.2. The van der Waals surface area contributed by atoms with Gasteiger partial charge >= 0.3 is 0 Å². The van der Waals surface area contributed by atoms with Crippen LogP contribution in [0.25, 0.3) is 21.5 Å². The number of rotatable bonds is 2. The lowest BCUT2D eigenvalue weighted by atomic mass is 9.94. The zero-order valence-corrected chi connectivity index (χ0v) is 13.7. The molecule has 25 heavy (non-hydrogen) atoms. The minimum absolute atomic E-state index is 0.0645. The van der Waals surface area contributed by atoms with Crippen molar-refractivity contribution >= 4 is 27.3 Å². The van der Waals surface area contributed by atoms with Gasteiger partial charge < -0.3 is 0 Å². The quantitative estimate of drug-likeness (QED) is 0.368. The smallest absolute Gasteiger partial charge is 0.210 e. The second-order valence-electron chi connectivity index (χ2n) is 6.01. The van der Waals surface area contributed by atoms with Crippen molar-refractivity contribution in [1.29, 1.82) is 0 Å². The lowest BCUT2D eigenvalue weighted by Crippen LogP contribution is -2.01. The topological polar surface area (TPSA) is 17.1 Å². The van der Waals surface area contributed by atoms with E-state index < -0.39 is 0 Å². The molecule has 4 aromatic carbocycles. The molecule has 0 saturated carbocycles. The minimum Gasteiger partial charge on any atom is -0.285 e. The van der Waals surface area contributed by atoms with Crippen LogP contribution in [0.1, 0.15) is 11.1 Å². The molecule has 0 amide bonds. The molecule has 0 heterocycles. The number of ketones is 1. The van der Waals surface area contributed by atoms with E-state index in [1.165, 1.54) is 0 Å². The summed E-state index contributed by atoms with van der Waals surface area (Å²) in [5.41, 5.74) is 1.92. The van der Waals surface area contributed by atoms with Crippen molar-refractivity contribution in [3.63, 3.8) is 0 Å². The molecule has 0 saturated heterocycles. The summed E-state index contributed by atoms with van der Waals surface area (Å²) in [5.74, 6) is 5.68. The average Bonchev–Trinajstić information content (AvgIpc) is 2.67. The largest absolute Gasteiger partial charge is 0.285 e. The SMILES string of the molecule is O=C(C#Cc1ccccc1)Cc1c2ccccc2cc2ccccc12. The normalized spacial score (nSPS) is 10.4. The van der Waals surface area contributed by atoms with Crippen LogP contribution in [-0.2, 0) is 11.2 Å². The van der Waals surface area contributed by atoms with Crippen molar-refractivity contribution in [2.75, 3.05) is 0 Å². The molecule has 1 nitrogen and oxygen atoms in total. The van der Waals surface area contributed by atoms with Gasteiger partial charge in [0.2, 0.25) is 5.78 Å². The van der Waals surface area contributed by atoms with Gasteiger partial charge in [-0.1, -0.05) is 72.7 Å². The molecule has 0 radical (unpaired) electrons. The second-order valence-corrected chi connectivity index (χ2v) is 6.01. The van der Waals surface area contributed by atoms with Crippen LogP contribution in [0.3, 0.4) is 0 Å². The van der Waals surface area contributed by atoms with Crippen molar-refractivity contribution in [2.24, 2.45) is 0 Å². The highest BCUT2D eigenvalue weighted by molar-refractivity contribution is 6.07. The summed E-state index contributed by atoms with van der Waals surface area (Å²) in [6.45, 7) is 0. The van der Waals surface area contributed by atoms with Crippen LogP contribution in [0.5, 0.6) is 0 Å². The van der Waals surface area contributed by atoms with Gasteiger partial charge in [-0.25, -0.2) is 0 Å². The molecule has 1 heteroatoms. The molecule has 0 unspecified atom stereocenters. The van der Waals surface area contributed by atoms with Gasteiger partial charge in [0.25, 0.3) is 0 Å². The highest BCUT2D eigenvalue weighted by Crippen LogP contribution is 2.28. The third kappa shape index (κ3) is 3.16. The first kappa shape index (κ1) is 15.2. The van der Waals surface area contributed by atoms with Crippen LogP contribution in [0.4, 0.5) is 0 Å². The number of hydrogen-bond donors (Lipinski definition) is 0. The fourth-order valence-electron chi connectivity index (χ4n) is 3.17. The lowest BCUT2D eigenvalue weighted by molar-refractivity contribution is -0.113. The molecule has 0 bridgehead atoms. The van der Waals surface area contributed by atoms with Crippen molar-refractivity contribution in [1.82, 2.24) is 0 Å². The molecule has 0 aliphatic heterocycles. The maximum Gasteiger partial charge on any atom is 0.210 e. The molecule has 0 aliphatic rings. The Labute approximate surface area is 146 Å². The Balaban J connectivity index is 1.77. The Morgan fingerprint density at radius 2 is 1.28 bits per heavy atom. The minimum atomic E-state index is -0.0645. The predicted molar refractivity (Wildman–Crippen MR) is 103 cm³/mol. The molecular weight excluding hydrogens is 304 g/mol. The van der Waals surface area contributed by atoms with E-state index in [1.54, 1.807) is 0 Å². The number of fused-ring (bicyclic) bond motifs is 2. The fourth-order valence-corrected chi connectivity index (χ4v) is 3.17. The van der Waals surface area contributed by atoms with Crippen LogP contribution < -0.4 is 0 Å². The van der Waals surface area contributed by atoms with Crippen molar-refractivity contribution < 1.29 is 4.79 Å². The summed E-state index contributed by atoms with van der Waals surface area (Å²) in [7, 11) is 0. The number of carbonyl (C=O) groups excluding carboxylic acids is 1. The van der Waals surface area contributed by atoms with E-state index in [-0.39, 0.29) is 5.78 Å².